The molecular formula is C51H97NO3. The summed E-state index contributed by atoms with van der Waals surface area (Å²) in [5.74, 6) is -0.0830. The molecule has 0 spiro atoms. The standard InChI is InChI=1S/C51H97NO3/c1-3-5-7-9-11-13-15-17-18-19-20-21-22-23-24-25-26-27-28-29-30-31-32-33-34-35-36-38-40-42-44-46-50(54)49(48-53)52-51(55)47-45-43-41-39-37-16-14-12-10-8-6-4-2/h12,14,36,38,44,46,49-50,53-54H,3-11,13,15-35,37,39-43,45,47-48H2,1-2H3,(H,52,55)/b14-12-,38-36+,46-44+. The van der Waals surface area contributed by atoms with Gasteiger partial charge in [0.25, 0.3) is 0 Å². The predicted octanol–water partition coefficient (Wildman–Crippen LogP) is 15.7. The molecule has 0 rings (SSSR count). The smallest absolute Gasteiger partial charge is 0.220 e. The van der Waals surface area contributed by atoms with E-state index in [0.29, 0.717) is 6.42 Å². The molecule has 0 heterocycles. The third kappa shape index (κ3) is 43.6. The lowest BCUT2D eigenvalue weighted by molar-refractivity contribution is -0.123. The molecule has 4 nitrogen and oxygen atoms in total. The summed E-state index contributed by atoms with van der Waals surface area (Å²) < 4.78 is 0. The molecule has 2 unspecified atom stereocenters. The van der Waals surface area contributed by atoms with Crippen molar-refractivity contribution >= 4 is 5.91 Å². The Morgan fingerprint density at radius 1 is 0.418 bits per heavy atom. The maximum Gasteiger partial charge on any atom is 0.220 e. The average Bonchev–Trinajstić information content (AvgIpc) is 3.19. The van der Waals surface area contributed by atoms with Gasteiger partial charge in [-0.3, -0.25) is 4.79 Å². The summed E-state index contributed by atoms with van der Waals surface area (Å²) in [5, 5.41) is 23.0. The molecule has 0 saturated carbocycles. The second-order valence-corrected chi connectivity index (χ2v) is 16.9. The van der Waals surface area contributed by atoms with Crippen molar-refractivity contribution in [1.29, 1.82) is 0 Å². The number of carbonyl (C=O) groups is 1. The summed E-state index contributed by atoms with van der Waals surface area (Å²) >= 11 is 0. The first-order chi connectivity index (χ1) is 27.2. The van der Waals surface area contributed by atoms with E-state index in [9.17, 15) is 15.0 Å². The fourth-order valence-electron chi connectivity index (χ4n) is 7.54. The monoisotopic (exact) mass is 772 g/mol. The van der Waals surface area contributed by atoms with Crippen LogP contribution in [0.4, 0.5) is 0 Å². The van der Waals surface area contributed by atoms with Gasteiger partial charge in [0.2, 0.25) is 5.91 Å². The molecule has 2 atom stereocenters. The van der Waals surface area contributed by atoms with Crippen LogP contribution in [0.3, 0.4) is 0 Å². The summed E-state index contributed by atoms with van der Waals surface area (Å²) in [5.41, 5.74) is 0. The van der Waals surface area contributed by atoms with Gasteiger partial charge in [-0.25, -0.2) is 0 Å². The van der Waals surface area contributed by atoms with Crippen molar-refractivity contribution in [1.82, 2.24) is 5.32 Å². The van der Waals surface area contributed by atoms with Crippen molar-refractivity contribution < 1.29 is 15.0 Å². The summed E-state index contributed by atoms with van der Waals surface area (Å²) in [4.78, 5) is 12.3. The molecule has 3 N–H and O–H groups in total. The maximum absolute atomic E-state index is 12.3. The van der Waals surface area contributed by atoms with Gasteiger partial charge in [0.1, 0.15) is 0 Å². The summed E-state index contributed by atoms with van der Waals surface area (Å²) in [7, 11) is 0. The van der Waals surface area contributed by atoms with Crippen LogP contribution in [0.1, 0.15) is 264 Å². The number of unbranched alkanes of at least 4 members (excludes halogenated alkanes) is 34. The highest BCUT2D eigenvalue weighted by Gasteiger charge is 2.17. The van der Waals surface area contributed by atoms with Crippen LogP contribution in [0.25, 0.3) is 0 Å². The van der Waals surface area contributed by atoms with E-state index < -0.39 is 12.1 Å². The Kier molecular flexibility index (Phi) is 45.8. The zero-order chi connectivity index (χ0) is 40.0. The zero-order valence-electron chi connectivity index (χ0n) is 37.2. The number of nitrogens with one attached hydrogen (secondary N) is 1. The van der Waals surface area contributed by atoms with Gasteiger partial charge in [-0.05, 0) is 57.8 Å². The zero-order valence-corrected chi connectivity index (χ0v) is 37.2. The molecule has 0 radical (unpaired) electrons. The van der Waals surface area contributed by atoms with Crippen LogP contribution in [0.15, 0.2) is 36.5 Å². The lowest BCUT2D eigenvalue weighted by Gasteiger charge is -2.19. The van der Waals surface area contributed by atoms with Gasteiger partial charge in [-0.2, -0.15) is 0 Å². The van der Waals surface area contributed by atoms with Gasteiger partial charge in [-0.15, -0.1) is 0 Å². The van der Waals surface area contributed by atoms with Crippen molar-refractivity contribution in [3.8, 4) is 0 Å². The number of hydrogen-bond donors (Lipinski definition) is 3. The fourth-order valence-corrected chi connectivity index (χ4v) is 7.54. The van der Waals surface area contributed by atoms with Gasteiger partial charge in [-0.1, -0.05) is 237 Å². The fraction of sp³-hybridized carbons (Fsp3) is 0.863. The first kappa shape index (κ1) is 53.6. The molecule has 55 heavy (non-hydrogen) atoms. The minimum absolute atomic E-state index is 0.0830. The van der Waals surface area contributed by atoms with E-state index in [2.05, 4.69) is 43.5 Å². The number of aliphatic hydroxyl groups excluding tert-OH is 2. The Labute approximate surface area is 344 Å². The number of allylic oxidation sites excluding steroid dienone is 5. The molecule has 0 fully saturated rings. The van der Waals surface area contributed by atoms with Gasteiger partial charge in [0.05, 0.1) is 18.8 Å². The molecule has 0 aromatic heterocycles. The van der Waals surface area contributed by atoms with E-state index in [0.717, 1.165) is 44.9 Å². The number of aliphatic hydroxyl groups is 2. The van der Waals surface area contributed by atoms with Crippen LogP contribution in [-0.4, -0.2) is 34.9 Å². The van der Waals surface area contributed by atoms with Crippen LogP contribution < -0.4 is 5.32 Å². The molecule has 0 aromatic rings. The maximum atomic E-state index is 12.3. The Balaban J connectivity index is 3.49. The first-order valence-electron chi connectivity index (χ1n) is 24.7. The highest BCUT2D eigenvalue weighted by molar-refractivity contribution is 5.76. The molecule has 0 aliphatic heterocycles. The van der Waals surface area contributed by atoms with Crippen molar-refractivity contribution in [2.24, 2.45) is 0 Å². The lowest BCUT2D eigenvalue weighted by atomic mass is 10.0. The minimum Gasteiger partial charge on any atom is -0.394 e. The number of hydrogen-bond acceptors (Lipinski definition) is 3. The van der Waals surface area contributed by atoms with Crippen LogP contribution in [0, 0.1) is 0 Å². The minimum atomic E-state index is -0.864. The highest BCUT2D eigenvalue weighted by Crippen LogP contribution is 2.16. The molecule has 1 amide bonds. The van der Waals surface area contributed by atoms with E-state index in [1.165, 1.54) is 199 Å². The topological polar surface area (TPSA) is 69.6 Å². The summed E-state index contributed by atoms with van der Waals surface area (Å²) in [6, 6.07) is -0.642. The number of carbonyl (C=O) groups excluding carboxylic acids is 1. The third-order valence-corrected chi connectivity index (χ3v) is 11.3. The van der Waals surface area contributed by atoms with E-state index in [4.69, 9.17) is 0 Å². The van der Waals surface area contributed by atoms with Crippen molar-refractivity contribution in [2.75, 3.05) is 6.61 Å². The van der Waals surface area contributed by atoms with Crippen molar-refractivity contribution in [3.05, 3.63) is 36.5 Å². The molecule has 0 saturated heterocycles. The molecule has 0 aliphatic rings. The van der Waals surface area contributed by atoms with Crippen molar-refractivity contribution in [2.45, 2.75) is 276 Å². The average molecular weight is 772 g/mol. The Morgan fingerprint density at radius 3 is 1.09 bits per heavy atom. The molecule has 324 valence electrons. The Morgan fingerprint density at radius 2 is 0.709 bits per heavy atom. The van der Waals surface area contributed by atoms with Crippen LogP contribution in [0.5, 0.6) is 0 Å². The number of amides is 1. The van der Waals surface area contributed by atoms with Gasteiger partial charge >= 0.3 is 0 Å². The molecule has 4 heteroatoms. The van der Waals surface area contributed by atoms with Gasteiger partial charge in [0, 0.05) is 6.42 Å². The van der Waals surface area contributed by atoms with E-state index in [1.807, 2.05) is 6.08 Å². The van der Waals surface area contributed by atoms with Crippen LogP contribution in [-0.2, 0) is 4.79 Å². The molecule has 0 aromatic carbocycles. The third-order valence-electron chi connectivity index (χ3n) is 11.3. The second-order valence-electron chi connectivity index (χ2n) is 16.9. The normalized spacial score (nSPS) is 13.2. The first-order valence-corrected chi connectivity index (χ1v) is 24.7. The van der Waals surface area contributed by atoms with Crippen LogP contribution >= 0.6 is 0 Å². The SMILES string of the molecule is CCCCC/C=C\CCCCCCCC(=O)NC(CO)C(O)/C=C/CC/C=C/CCCCCCCCCCCCCCCCCCCCCCCCCCC. The highest BCUT2D eigenvalue weighted by atomic mass is 16.3. The largest absolute Gasteiger partial charge is 0.394 e. The Bertz CT molecular complexity index is 836. The van der Waals surface area contributed by atoms with Crippen molar-refractivity contribution in [3.63, 3.8) is 0 Å². The summed E-state index contributed by atoms with van der Waals surface area (Å²) in [6.45, 7) is 4.28. The van der Waals surface area contributed by atoms with E-state index in [1.54, 1.807) is 6.08 Å². The Hall–Kier alpha value is -1.39. The van der Waals surface area contributed by atoms with Crippen LogP contribution in [0.2, 0.25) is 0 Å². The second kappa shape index (κ2) is 47.0. The molecule has 0 bridgehead atoms. The van der Waals surface area contributed by atoms with E-state index >= 15 is 0 Å². The van der Waals surface area contributed by atoms with E-state index in [-0.39, 0.29) is 12.5 Å². The molecular weight excluding hydrogens is 675 g/mol. The summed E-state index contributed by atoms with van der Waals surface area (Å²) in [6.07, 6.45) is 63.0. The quantitative estimate of drug-likeness (QED) is 0.0426. The van der Waals surface area contributed by atoms with Gasteiger partial charge < -0.3 is 15.5 Å². The molecule has 0 aliphatic carbocycles. The predicted molar refractivity (Wildman–Crippen MR) is 244 cm³/mol. The van der Waals surface area contributed by atoms with Gasteiger partial charge in [0.15, 0.2) is 0 Å². The lowest BCUT2D eigenvalue weighted by Crippen LogP contribution is -2.45. The number of rotatable bonds is 45.